The molecule has 0 radical (unpaired) electrons. The van der Waals surface area contributed by atoms with Crippen LogP contribution in [0.25, 0.3) is 0 Å². The van der Waals surface area contributed by atoms with E-state index in [2.05, 4.69) is 30.8 Å². The minimum absolute atomic E-state index is 0.0905. The standard InChI is InChI=1S/C17H31N5O/c1-6-7-17(4,18)16(23)22-10-8-21(9-11-22)12-15-13(2)19-20(5)14(15)3/h6-12,18H2,1-5H3. The van der Waals surface area contributed by atoms with Crippen LogP contribution in [0.5, 0.6) is 0 Å². The molecule has 1 aromatic heterocycles. The van der Waals surface area contributed by atoms with Crippen molar-refractivity contribution in [1.82, 2.24) is 19.6 Å². The molecule has 0 spiro atoms. The number of carbonyl (C=O) groups excluding carboxylic acids is 1. The number of carbonyl (C=O) groups is 1. The first-order valence-electron chi connectivity index (χ1n) is 8.56. The van der Waals surface area contributed by atoms with Crippen LogP contribution in [0.3, 0.4) is 0 Å². The van der Waals surface area contributed by atoms with Gasteiger partial charge in [0.05, 0.1) is 11.2 Å². The molecule has 1 aliphatic rings. The summed E-state index contributed by atoms with van der Waals surface area (Å²) >= 11 is 0. The fraction of sp³-hybridized carbons (Fsp3) is 0.765. The van der Waals surface area contributed by atoms with Crippen LogP contribution in [0.2, 0.25) is 0 Å². The first kappa shape index (κ1) is 17.9. The van der Waals surface area contributed by atoms with Crippen molar-refractivity contribution in [1.29, 1.82) is 0 Å². The Balaban J connectivity index is 1.92. The lowest BCUT2D eigenvalue weighted by Gasteiger charge is -2.38. The zero-order valence-electron chi connectivity index (χ0n) is 15.2. The van der Waals surface area contributed by atoms with E-state index in [1.165, 1.54) is 11.3 Å². The van der Waals surface area contributed by atoms with Gasteiger partial charge in [0.1, 0.15) is 0 Å². The average molecular weight is 321 g/mol. The highest BCUT2D eigenvalue weighted by molar-refractivity contribution is 5.85. The second-order valence-corrected chi connectivity index (χ2v) is 7.01. The van der Waals surface area contributed by atoms with Crippen LogP contribution in [-0.2, 0) is 18.4 Å². The number of aromatic nitrogens is 2. The number of hydrogen-bond donors (Lipinski definition) is 1. The fourth-order valence-corrected chi connectivity index (χ4v) is 3.37. The predicted molar refractivity (Wildman–Crippen MR) is 92.0 cm³/mol. The number of amides is 1. The van der Waals surface area contributed by atoms with Gasteiger partial charge in [-0.2, -0.15) is 5.10 Å². The molecule has 1 atom stereocenters. The Morgan fingerprint density at radius 2 is 1.87 bits per heavy atom. The predicted octanol–water partition coefficient (Wildman–Crippen LogP) is 1.20. The minimum Gasteiger partial charge on any atom is -0.339 e. The van der Waals surface area contributed by atoms with Crippen LogP contribution in [0.4, 0.5) is 0 Å². The SMILES string of the molecule is CCCC(C)(N)C(=O)N1CCN(Cc2c(C)nn(C)c2C)CC1. The molecular weight excluding hydrogens is 290 g/mol. The summed E-state index contributed by atoms with van der Waals surface area (Å²) in [6.07, 6.45) is 1.67. The molecule has 0 saturated carbocycles. The molecule has 6 heteroatoms. The third-order valence-electron chi connectivity index (χ3n) is 4.96. The van der Waals surface area contributed by atoms with E-state index in [0.29, 0.717) is 0 Å². The van der Waals surface area contributed by atoms with Crippen LogP contribution in [0, 0.1) is 13.8 Å². The summed E-state index contributed by atoms with van der Waals surface area (Å²) in [5.41, 5.74) is 9.08. The molecule has 1 aromatic rings. The van der Waals surface area contributed by atoms with Gasteiger partial charge in [-0.15, -0.1) is 0 Å². The van der Waals surface area contributed by atoms with Crippen molar-refractivity contribution in [3.8, 4) is 0 Å². The quantitative estimate of drug-likeness (QED) is 0.885. The van der Waals surface area contributed by atoms with Crippen molar-refractivity contribution in [3.05, 3.63) is 17.0 Å². The van der Waals surface area contributed by atoms with Crippen LogP contribution >= 0.6 is 0 Å². The number of aryl methyl sites for hydroxylation is 2. The summed E-state index contributed by atoms with van der Waals surface area (Å²) in [6, 6.07) is 0. The molecule has 130 valence electrons. The first-order valence-corrected chi connectivity index (χ1v) is 8.56. The lowest BCUT2D eigenvalue weighted by Crippen LogP contribution is -2.58. The molecule has 1 fully saturated rings. The van der Waals surface area contributed by atoms with Crippen LogP contribution in [-0.4, -0.2) is 57.2 Å². The summed E-state index contributed by atoms with van der Waals surface area (Å²) in [5.74, 6) is 0.0905. The molecule has 1 amide bonds. The average Bonchev–Trinajstić information content (AvgIpc) is 2.74. The second-order valence-electron chi connectivity index (χ2n) is 7.01. The van der Waals surface area contributed by atoms with E-state index >= 15 is 0 Å². The van der Waals surface area contributed by atoms with Gasteiger partial charge in [0.2, 0.25) is 5.91 Å². The Morgan fingerprint density at radius 3 is 2.35 bits per heavy atom. The van der Waals surface area contributed by atoms with Crippen LogP contribution < -0.4 is 5.73 Å². The van der Waals surface area contributed by atoms with Gasteiger partial charge < -0.3 is 10.6 Å². The first-order chi connectivity index (χ1) is 10.8. The number of nitrogens with two attached hydrogens (primary N) is 1. The number of piperazine rings is 1. The maximum Gasteiger partial charge on any atom is 0.242 e. The fourth-order valence-electron chi connectivity index (χ4n) is 3.37. The largest absolute Gasteiger partial charge is 0.339 e. The summed E-state index contributed by atoms with van der Waals surface area (Å²) < 4.78 is 1.94. The lowest BCUT2D eigenvalue weighted by molar-refractivity contribution is -0.138. The third-order valence-corrected chi connectivity index (χ3v) is 4.96. The van der Waals surface area contributed by atoms with E-state index in [4.69, 9.17) is 5.73 Å². The Morgan fingerprint density at radius 1 is 1.26 bits per heavy atom. The monoisotopic (exact) mass is 321 g/mol. The minimum atomic E-state index is -0.729. The molecule has 0 bridgehead atoms. The summed E-state index contributed by atoms with van der Waals surface area (Å²) in [4.78, 5) is 16.9. The zero-order chi connectivity index (χ0) is 17.2. The topological polar surface area (TPSA) is 67.4 Å². The van der Waals surface area contributed by atoms with Gasteiger partial charge in [-0.05, 0) is 27.2 Å². The van der Waals surface area contributed by atoms with E-state index in [0.717, 1.165) is 51.3 Å². The van der Waals surface area contributed by atoms with Gasteiger partial charge in [-0.1, -0.05) is 13.3 Å². The van der Waals surface area contributed by atoms with E-state index in [9.17, 15) is 4.79 Å². The highest BCUT2D eigenvalue weighted by atomic mass is 16.2. The van der Waals surface area contributed by atoms with E-state index in [-0.39, 0.29) is 5.91 Å². The highest BCUT2D eigenvalue weighted by Gasteiger charge is 2.33. The van der Waals surface area contributed by atoms with Crippen LogP contribution in [0.1, 0.15) is 43.6 Å². The molecule has 0 aromatic carbocycles. The number of hydrogen-bond acceptors (Lipinski definition) is 4. The van der Waals surface area contributed by atoms with Gasteiger partial charge in [0, 0.05) is 51.0 Å². The van der Waals surface area contributed by atoms with Gasteiger partial charge in [0.25, 0.3) is 0 Å². The molecule has 23 heavy (non-hydrogen) atoms. The Labute approximate surface area is 139 Å². The smallest absolute Gasteiger partial charge is 0.242 e. The van der Waals surface area contributed by atoms with Gasteiger partial charge in [-0.25, -0.2) is 0 Å². The number of nitrogens with zero attached hydrogens (tertiary/aromatic N) is 4. The van der Waals surface area contributed by atoms with Crippen molar-refractivity contribution in [2.45, 2.75) is 52.6 Å². The molecule has 1 aliphatic heterocycles. The van der Waals surface area contributed by atoms with Crippen molar-refractivity contribution < 1.29 is 4.79 Å². The van der Waals surface area contributed by atoms with E-state index in [1.54, 1.807) is 0 Å². The maximum atomic E-state index is 12.6. The molecule has 6 nitrogen and oxygen atoms in total. The van der Waals surface area contributed by atoms with Crippen molar-refractivity contribution >= 4 is 5.91 Å². The molecular formula is C17H31N5O. The Hall–Kier alpha value is -1.40. The van der Waals surface area contributed by atoms with Crippen molar-refractivity contribution in [2.24, 2.45) is 12.8 Å². The van der Waals surface area contributed by atoms with Crippen molar-refractivity contribution in [3.63, 3.8) is 0 Å². The molecule has 2 rings (SSSR count). The molecule has 2 heterocycles. The van der Waals surface area contributed by atoms with Gasteiger partial charge in [-0.3, -0.25) is 14.4 Å². The number of rotatable bonds is 5. The summed E-state index contributed by atoms with van der Waals surface area (Å²) in [5, 5.41) is 4.48. The van der Waals surface area contributed by atoms with Crippen molar-refractivity contribution in [2.75, 3.05) is 26.2 Å². The van der Waals surface area contributed by atoms with Gasteiger partial charge in [0.15, 0.2) is 0 Å². The maximum absolute atomic E-state index is 12.6. The highest BCUT2D eigenvalue weighted by Crippen LogP contribution is 2.18. The molecule has 1 unspecified atom stereocenters. The zero-order valence-corrected chi connectivity index (χ0v) is 15.2. The third kappa shape index (κ3) is 3.93. The molecule has 2 N–H and O–H groups in total. The Kier molecular flexibility index (Phi) is 5.47. The van der Waals surface area contributed by atoms with E-state index in [1.807, 2.05) is 23.6 Å². The van der Waals surface area contributed by atoms with E-state index < -0.39 is 5.54 Å². The summed E-state index contributed by atoms with van der Waals surface area (Å²) in [6.45, 7) is 12.3. The van der Waals surface area contributed by atoms with Crippen LogP contribution in [0.15, 0.2) is 0 Å². The molecule has 1 saturated heterocycles. The molecule has 0 aliphatic carbocycles. The lowest BCUT2D eigenvalue weighted by atomic mass is 9.95. The Bertz CT molecular complexity index is 556. The van der Waals surface area contributed by atoms with Gasteiger partial charge >= 0.3 is 0 Å². The summed E-state index contributed by atoms with van der Waals surface area (Å²) in [7, 11) is 1.98. The normalized spacial score (nSPS) is 19.0. The second kappa shape index (κ2) is 7.01.